The number of ether oxygens (including phenoxy) is 2. The van der Waals surface area contributed by atoms with Gasteiger partial charge in [0.05, 0.1) is 27.1 Å². The van der Waals surface area contributed by atoms with E-state index in [0.717, 1.165) is 46.8 Å². The van der Waals surface area contributed by atoms with E-state index in [1.54, 1.807) is 38.7 Å². The summed E-state index contributed by atoms with van der Waals surface area (Å²) in [4.78, 5) is 33.2. The first-order valence-electron chi connectivity index (χ1n) is 12.7. The van der Waals surface area contributed by atoms with E-state index in [1.807, 2.05) is 12.1 Å². The predicted molar refractivity (Wildman–Crippen MR) is 150 cm³/mol. The third-order valence-electron chi connectivity index (χ3n) is 6.49. The minimum Gasteiger partial charge on any atom is -0.481 e. The standard InChI is InChI=1S/C26H28N8O4S2/c1-37-21-8-6-15(13-27-21)10-19(35)29-25-33-31-23(39-25)17-4-3-5-18(12-17)24-32-34-26(40-24)30-20(36)11-16-7-9-22(38-2)28-14-16/h6-9,13-14,17-18H,3-5,10-12H2,1-2H3,(H,29,33,35)(H,30,34,36)/t17-,18-/m0/s1. The van der Waals surface area contributed by atoms with Crippen LogP contribution < -0.4 is 20.1 Å². The van der Waals surface area contributed by atoms with Crippen LogP contribution in [0.5, 0.6) is 11.8 Å². The molecule has 14 heteroatoms. The molecule has 0 radical (unpaired) electrons. The van der Waals surface area contributed by atoms with Crippen LogP contribution in [-0.4, -0.2) is 56.4 Å². The zero-order chi connectivity index (χ0) is 27.9. The average Bonchev–Trinajstić information content (AvgIpc) is 3.64. The Hall–Kier alpha value is -4.04. The van der Waals surface area contributed by atoms with Crippen molar-refractivity contribution in [2.75, 3.05) is 24.9 Å². The zero-order valence-electron chi connectivity index (χ0n) is 22.0. The summed E-state index contributed by atoms with van der Waals surface area (Å²) < 4.78 is 10.1. The Morgan fingerprint density at radius 2 is 1.25 bits per heavy atom. The van der Waals surface area contributed by atoms with E-state index in [2.05, 4.69) is 41.0 Å². The number of methoxy groups -OCH3 is 2. The van der Waals surface area contributed by atoms with Crippen LogP contribution in [0.1, 0.15) is 58.7 Å². The molecule has 0 aromatic carbocycles. The Kier molecular flexibility index (Phi) is 8.86. The molecule has 12 nitrogen and oxygen atoms in total. The van der Waals surface area contributed by atoms with Gasteiger partial charge in [-0.25, -0.2) is 9.97 Å². The second-order valence-corrected chi connectivity index (χ2v) is 11.3. The summed E-state index contributed by atoms with van der Waals surface area (Å²) in [6, 6.07) is 7.06. The number of carbonyl (C=O) groups excluding carboxylic acids is 2. The highest BCUT2D eigenvalue weighted by Gasteiger charge is 2.29. The third kappa shape index (κ3) is 7.12. The number of nitrogens with one attached hydrogen (secondary N) is 2. The van der Waals surface area contributed by atoms with Gasteiger partial charge >= 0.3 is 0 Å². The van der Waals surface area contributed by atoms with Crippen molar-refractivity contribution in [3.05, 3.63) is 57.8 Å². The second-order valence-electron chi connectivity index (χ2n) is 9.32. The fourth-order valence-electron chi connectivity index (χ4n) is 4.51. The normalized spacial score (nSPS) is 16.8. The molecule has 1 fully saturated rings. The summed E-state index contributed by atoms with van der Waals surface area (Å²) in [6.07, 6.45) is 7.48. The van der Waals surface area contributed by atoms with Gasteiger partial charge in [-0.2, -0.15) is 0 Å². The van der Waals surface area contributed by atoms with E-state index < -0.39 is 0 Å². The Morgan fingerprint density at radius 3 is 1.65 bits per heavy atom. The number of hydrogen-bond donors (Lipinski definition) is 2. The Balaban J connectivity index is 1.13. The van der Waals surface area contributed by atoms with Crippen LogP contribution in [0.4, 0.5) is 10.3 Å². The second kappa shape index (κ2) is 12.9. The molecule has 0 unspecified atom stereocenters. The van der Waals surface area contributed by atoms with Crippen LogP contribution >= 0.6 is 22.7 Å². The maximum absolute atomic E-state index is 12.5. The molecule has 2 atom stereocenters. The first-order valence-corrected chi connectivity index (χ1v) is 14.4. The molecule has 0 bridgehead atoms. The number of nitrogens with zero attached hydrogens (tertiary/aromatic N) is 6. The van der Waals surface area contributed by atoms with Gasteiger partial charge in [0.15, 0.2) is 0 Å². The number of amides is 2. The third-order valence-corrected chi connectivity index (χ3v) is 8.49. The smallest absolute Gasteiger partial charge is 0.230 e. The van der Waals surface area contributed by atoms with Gasteiger partial charge in [0.2, 0.25) is 33.8 Å². The molecule has 1 saturated carbocycles. The van der Waals surface area contributed by atoms with Gasteiger partial charge in [-0.1, -0.05) is 41.2 Å². The van der Waals surface area contributed by atoms with E-state index in [4.69, 9.17) is 9.47 Å². The molecule has 1 aliphatic carbocycles. The quantitative estimate of drug-likeness (QED) is 0.281. The number of aromatic nitrogens is 6. The highest BCUT2D eigenvalue weighted by molar-refractivity contribution is 7.15. The zero-order valence-corrected chi connectivity index (χ0v) is 23.6. The number of anilines is 2. The number of rotatable bonds is 10. The molecule has 0 saturated heterocycles. The maximum Gasteiger partial charge on any atom is 0.230 e. The average molecular weight is 581 g/mol. The minimum absolute atomic E-state index is 0.178. The van der Waals surface area contributed by atoms with Gasteiger partial charge in [0, 0.05) is 36.4 Å². The molecule has 4 heterocycles. The summed E-state index contributed by atoms with van der Waals surface area (Å²) in [5.41, 5.74) is 1.56. The molecule has 4 aromatic heterocycles. The number of carbonyl (C=O) groups is 2. The molecule has 1 aliphatic rings. The minimum atomic E-state index is -0.178. The molecular formula is C26H28N8O4S2. The first kappa shape index (κ1) is 27.5. The van der Waals surface area contributed by atoms with Crippen molar-refractivity contribution in [3.63, 3.8) is 0 Å². The Morgan fingerprint density at radius 1 is 0.775 bits per heavy atom. The Labute approximate surface area is 238 Å². The molecule has 2 amide bonds. The topological polar surface area (TPSA) is 154 Å². The molecule has 0 aliphatic heterocycles. The lowest BCUT2D eigenvalue weighted by atomic mass is 9.82. The van der Waals surface area contributed by atoms with Crippen molar-refractivity contribution in [1.82, 2.24) is 30.4 Å². The van der Waals surface area contributed by atoms with E-state index >= 15 is 0 Å². The van der Waals surface area contributed by atoms with Crippen LogP contribution in [0.25, 0.3) is 0 Å². The summed E-state index contributed by atoms with van der Waals surface area (Å²) in [7, 11) is 3.09. The lowest BCUT2D eigenvalue weighted by Crippen LogP contribution is -2.14. The van der Waals surface area contributed by atoms with Crippen molar-refractivity contribution in [1.29, 1.82) is 0 Å². The summed E-state index contributed by atoms with van der Waals surface area (Å²) in [5, 5.41) is 25.6. The predicted octanol–water partition coefficient (Wildman–Crippen LogP) is 4.00. The summed E-state index contributed by atoms with van der Waals surface area (Å²) in [5.74, 6) is 1.08. The maximum atomic E-state index is 12.5. The molecule has 5 rings (SSSR count). The molecule has 4 aromatic rings. The van der Waals surface area contributed by atoms with Crippen molar-refractivity contribution in [3.8, 4) is 11.8 Å². The van der Waals surface area contributed by atoms with Crippen LogP contribution in [0.3, 0.4) is 0 Å². The molecule has 208 valence electrons. The van der Waals surface area contributed by atoms with Crippen LogP contribution in [0.2, 0.25) is 0 Å². The van der Waals surface area contributed by atoms with Crippen molar-refractivity contribution < 1.29 is 19.1 Å². The fourth-order valence-corrected chi connectivity index (χ4v) is 6.32. The van der Waals surface area contributed by atoms with Gasteiger partial charge in [-0.15, -0.1) is 20.4 Å². The van der Waals surface area contributed by atoms with Crippen LogP contribution in [0, 0.1) is 0 Å². The molecular weight excluding hydrogens is 552 g/mol. The molecule has 2 N–H and O–H groups in total. The highest BCUT2D eigenvalue weighted by Crippen LogP contribution is 2.43. The fraction of sp³-hybridized carbons (Fsp3) is 0.385. The molecule has 40 heavy (non-hydrogen) atoms. The number of pyridine rings is 2. The van der Waals surface area contributed by atoms with Crippen molar-refractivity contribution in [2.24, 2.45) is 0 Å². The van der Waals surface area contributed by atoms with Gasteiger partial charge in [0.25, 0.3) is 0 Å². The lowest BCUT2D eigenvalue weighted by Gasteiger charge is -2.25. The van der Waals surface area contributed by atoms with Gasteiger partial charge in [0.1, 0.15) is 10.0 Å². The summed E-state index contributed by atoms with van der Waals surface area (Å²) >= 11 is 2.81. The van der Waals surface area contributed by atoms with Crippen molar-refractivity contribution in [2.45, 2.75) is 50.4 Å². The lowest BCUT2D eigenvalue weighted by molar-refractivity contribution is -0.116. The van der Waals surface area contributed by atoms with E-state index in [0.29, 0.717) is 22.0 Å². The largest absolute Gasteiger partial charge is 0.481 e. The monoisotopic (exact) mass is 580 g/mol. The SMILES string of the molecule is COc1ccc(CC(=O)Nc2nnc([C@H]3CCC[C@H](c4nnc(NC(=O)Cc5ccc(OC)nc5)s4)C3)s2)cn1. The van der Waals surface area contributed by atoms with Gasteiger partial charge < -0.3 is 20.1 Å². The van der Waals surface area contributed by atoms with E-state index in [1.165, 1.54) is 22.7 Å². The van der Waals surface area contributed by atoms with E-state index in [9.17, 15) is 9.59 Å². The van der Waals surface area contributed by atoms with Crippen molar-refractivity contribution >= 4 is 44.8 Å². The summed E-state index contributed by atoms with van der Waals surface area (Å²) in [6.45, 7) is 0. The highest BCUT2D eigenvalue weighted by atomic mass is 32.1. The Bertz CT molecular complexity index is 1330. The van der Waals surface area contributed by atoms with Crippen LogP contribution in [-0.2, 0) is 22.4 Å². The van der Waals surface area contributed by atoms with Gasteiger partial charge in [-0.3, -0.25) is 9.59 Å². The van der Waals surface area contributed by atoms with E-state index in [-0.39, 0.29) is 36.5 Å². The van der Waals surface area contributed by atoms with Gasteiger partial charge in [-0.05, 0) is 30.4 Å². The number of hydrogen-bond acceptors (Lipinski definition) is 12. The molecule has 0 spiro atoms. The first-order chi connectivity index (χ1) is 19.5. The van der Waals surface area contributed by atoms with Crippen LogP contribution in [0.15, 0.2) is 36.7 Å².